The molecule has 0 radical (unpaired) electrons. The van der Waals surface area contributed by atoms with Crippen LogP contribution in [0.2, 0.25) is 0 Å². The van der Waals surface area contributed by atoms with Gasteiger partial charge in [-0.25, -0.2) is 14.2 Å². The fraction of sp³-hybridized carbons (Fsp3) is 0.0667. The van der Waals surface area contributed by atoms with E-state index in [4.69, 9.17) is 0 Å². The Labute approximate surface area is 124 Å². The number of amides is 1. The van der Waals surface area contributed by atoms with Crippen molar-refractivity contribution in [1.29, 1.82) is 0 Å². The molecule has 0 aliphatic heterocycles. The van der Waals surface area contributed by atoms with Gasteiger partial charge in [0.25, 0.3) is 5.91 Å². The van der Waals surface area contributed by atoms with Crippen molar-refractivity contribution < 1.29 is 23.8 Å². The molecule has 7 heteroatoms. The topological polar surface area (TPSA) is 81.9 Å². The second-order valence-electron chi connectivity index (χ2n) is 4.44. The third-order valence-electron chi connectivity index (χ3n) is 2.89. The van der Waals surface area contributed by atoms with Crippen LogP contribution in [0, 0.1) is 11.6 Å². The molecule has 0 unspecified atom stereocenters. The zero-order valence-corrected chi connectivity index (χ0v) is 11.5. The highest BCUT2D eigenvalue weighted by Gasteiger charge is 2.14. The average Bonchev–Trinajstić information content (AvgIpc) is 2.48. The Morgan fingerprint density at radius 3 is 2.50 bits per heavy atom. The summed E-state index contributed by atoms with van der Waals surface area (Å²) in [6, 6.07) is 7.25. The van der Waals surface area contributed by atoms with Gasteiger partial charge in [0.2, 0.25) is 0 Å². The third-order valence-corrected chi connectivity index (χ3v) is 2.89. The summed E-state index contributed by atoms with van der Waals surface area (Å²) in [5.74, 6) is -3.70. The molecule has 0 bridgehead atoms. The van der Waals surface area contributed by atoms with Crippen molar-refractivity contribution in [3.8, 4) is 11.5 Å². The SMILES string of the molecule is C/C(=N\NC(=O)c1ccccc1O)c1cc(F)cc(F)c1O. The van der Waals surface area contributed by atoms with Crippen LogP contribution >= 0.6 is 0 Å². The first-order chi connectivity index (χ1) is 10.4. The Bertz CT molecular complexity index is 760. The predicted octanol–water partition coefficient (Wildman–Crippen LogP) is 2.53. The monoisotopic (exact) mass is 306 g/mol. The van der Waals surface area contributed by atoms with Crippen LogP contribution in [0.4, 0.5) is 8.78 Å². The lowest BCUT2D eigenvalue weighted by Gasteiger charge is -2.07. The van der Waals surface area contributed by atoms with E-state index in [-0.39, 0.29) is 22.6 Å². The summed E-state index contributed by atoms with van der Waals surface area (Å²) in [5, 5.41) is 22.7. The number of para-hydroxylation sites is 1. The molecule has 0 saturated carbocycles. The predicted molar refractivity (Wildman–Crippen MR) is 75.8 cm³/mol. The number of hydrazone groups is 1. The molecule has 0 heterocycles. The van der Waals surface area contributed by atoms with Gasteiger partial charge in [-0.3, -0.25) is 4.79 Å². The van der Waals surface area contributed by atoms with Crippen molar-refractivity contribution in [2.24, 2.45) is 5.10 Å². The van der Waals surface area contributed by atoms with Gasteiger partial charge in [-0.1, -0.05) is 12.1 Å². The quantitative estimate of drug-likeness (QED) is 0.602. The van der Waals surface area contributed by atoms with E-state index in [1.54, 1.807) is 12.1 Å². The minimum atomic E-state index is -1.13. The summed E-state index contributed by atoms with van der Waals surface area (Å²) >= 11 is 0. The highest BCUT2D eigenvalue weighted by atomic mass is 19.1. The molecular formula is C15H12F2N2O3. The molecule has 114 valence electrons. The molecule has 0 aromatic heterocycles. The van der Waals surface area contributed by atoms with E-state index in [2.05, 4.69) is 10.5 Å². The van der Waals surface area contributed by atoms with Crippen molar-refractivity contribution in [2.75, 3.05) is 0 Å². The Morgan fingerprint density at radius 2 is 1.82 bits per heavy atom. The molecule has 2 aromatic rings. The standard InChI is InChI=1S/C15H12F2N2O3/c1-8(11-6-9(16)7-12(17)14(11)21)18-19-15(22)10-4-2-3-5-13(10)20/h2-7,20-21H,1H3,(H,19,22)/b18-8+. The van der Waals surface area contributed by atoms with E-state index in [0.29, 0.717) is 6.07 Å². The molecule has 0 fully saturated rings. The lowest BCUT2D eigenvalue weighted by molar-refractivity contribution is 0.0952. The maximum atomic E-state index is 13.3. The van der Waals surface area contributed by atoms with Gasteiger partial charge < -0.3 is 10.2 Å². The minimum absolute atomic E-state index is 0.000305. The molecule has 2 rings (SSSR count). The molecule has 3 N–H and O–H groups in total. The number of benzene rings is 2. The van der Waals surface area contributed by atoms with Crippen LogP contribution in [-0.4, -0.2) is 21.8 Å². The number of rotatable bonds is 3. The number of phenols is 2. The number of hydrogen-bond donors (Lipinski definition) is 3. The number of nitrogens with one attached hydrogen (secondary N) is 1. The third kappa shape index (κ3) is 3.20. The number of aromatic hydroxyl groups is 2. The Morgan fingerprint density at radius 1 is 1.14 bits per heavy atom. The van der Waals surface area contributed by atoms with Gasteiger partial charge in [-0.15, -0.1) is 0 Å². The lowest BCUT2D eigenvalue weighted by atomic mass is 10.1. The molecule has 22 heavy (non-hydrogen) atoms. The van der Waals surface area contributed by atoms with E-state index in [0.717, 1.165) is 6.07 Å². The van der Waals surface area contributed by atoms with Gasteiger partial charge in [-0.05, 0) is 25.1 Å². The van der Waals surface area contributed by atoms with Crippen molar-refractivity contribution in [1.82, 2.24) is 5.43 Å². The number of phenolic OH excluding ortho intramolecular Hbond substituents is 2. The molecule has 5 nitrogen and oxygen atoms in total. The highest BCUT2D eigenvalue weighted by molar-refractivity contribution is 6.03. The average molecular weight is 306 g/mol. The summed E-state index contributed by atoms with van der Waals surface area (Å²) < 4.78 is 26.4. The van der Waals surface area contributed by atoms with Gasteiger partial charge in [0, 0.05) is 11.6 Å². The fourth-order valence-corrected chi connectivity index (χ4v) is 1.76. The maximum absolute atomic E-state index is 13.3. The minimum Gasteiger partial charge on any atom is -0.507 e. The summed E-state index contributed by atoms with van der Waals surface area (Å²) in [6.07, 6.45) is 0. The second-order valence-corrected chi connectivity index (χ2v) is 4.44. The summed E-state index contributed by atoms with van der Waals surface area (Å²) in [6.45, 7) is 1.36. The number of carbonyl (C=O) groups excluding carboxylic acids is 1. The number of carbonyl (C=O) groups is 1. The zero-order valence-electron chi connectivity index (χ0n) is 11.5. The zero-order chi connectivity index (χ0) is 16.3. The van der Waals surface area contributed by atoms with Crippen LogP contribution < -0.4 is 5.43 Å². The van der Waals surface area contributed by atoms with Crippen molar-refractivity contribution in [3.63, 3.8) is 0 Å². The lowest BCUT2D eigenvalue weighted by Crippen LogP contribution is -2.19. The van der Waals surface area contributed by atoms with Crippen molar-refractivity contribution >= 4 is 11.6 Å². The molecule has 0 aliphatic carbocycles. The van der Waals surface area contributed by atoms with Crippen LogP contribution in [0.1, 0.15) is 22.8 Å². The van der Waals surface area contributed by atoms with E-state index >= 15 is 0 Å². The van der Waals surface area contributed by atoms with Crippen LogP contribution in [0.25, 0.3) is 0 Å². The molecule has 0 atom stereocenters. The van der Waals surface area contributed by atoms with E-state index in [1.165, 1.54) is 19.1 Å². The number of nitrogens with zero attached hydrogens (tertiary/aromatic N) is 1. The molecule has 0 spiro atoms. The van der Waals surface area contributed by atoms with Crippen LogP contribution in [0.15, 0.2) is 41.5 Å². The van der Waals surface area contributed by atoms with Gasteiger partial charge in [0.1, 0.15) is 11.6 Å². The van der Waals surface area contributed by atoms with Crippen LogP contribution in [-0.2, 0) is 0 Å². The van der Waals surface area contributed by atoms with Crippen LogP contribution in [0.5, 0.6) is 11.5 Å². The summed E-state index contributed by atoms with van der Waals surface area (Å²) in [7, 11) is 0. The highest BCUT2D eigenvalue weighted by Crippen LogP contribution is 2.23. The Kier molecular flexibility index (Phi) is 4.36. The molecular weight excluding hydrogens is 294 g/mol. The van der Waals surface area contributed by atoms with Gasteiger partial charge >= 0.3 is 0 Å². The van der Waals surface area contributed by atoms with E-state index < -0.39 is 23.3 Å². The van der Waals surface area contributed by atoms with Gasteiger partial charge in [0.05, 0.1) is 11.3 Å². The van der Waals surface area contributed by atoms with Crippen molar-refractivity contribution in [3.05, 3.63) is 59.2 Å². The second kappa shape index (κ2) is 6.21. The van der Waals surface area contributed by atoms with E-state index in [1.807, 2.05) is 0 Å². The number of hydrogen-bond acceptors (Lipinski definition) is 4. The maximum Gasteiger partial charge on any atom is 0.275 e. The first-order valence-corrected chi connectivity index (χ1v) is 6.21. The van der Waals surface area contributed by atoms with Crippen molar-refractivity contribution in [2.45, 2.75) is 6.92 Å². The normalized spacial score (nSPS) is 11.3. The fourth-order valence-electron chi connectivity index (χ4n) is 1.76. The largest absolute Gasteiger partial charge is 0.507 e. The smallest absolute Gasteiger partial charge is 0.275 e. The Balaban J connectivity index is 2.24. The number of halogens is 2. The molecule has 0 saturated heterocycles. The first-order valence-electron chi connectivity index (χ1n) is 6.21. The molecule has 0 aliphatic rings. The summed E-state index contributed by atoms with van der Waals surface area (Å²) in [4.78, 5) is 11.8. The first kappa shape index (κ1) is 15.4. The van der Waals surface area contributed by atoms with Gasteiger partial charge in [0.15, 0.2) is 11.6 Å². The molecule has 1 amide bonds. The van der Waals surface area contributed by atoms with E-state index in [9.17, 15) is 23.8 Å². The Hall–Kier alpha value is -2.96. The summed E-state index contributed by atoms with van der Waals surface area (Å²) in [5.41, 5.74) is 1.95. The molecule has 2 aromatic carbocycles. The van der Waals surface area contributed by atoms with Crippen LogP contribution in [0.3, 0.4) is 0 Å². The van der Waals surface area contributed by atoms with Gasteiger partial charge in [-0.2, -0.15) is 5.10 Å².